The van der Waals surface area contributed by atoms with Crippen molar-refractivity contribution in [2.75, 3.05) is 5.32 Å². The molecule has 0 spiro atoms. The first-order valence-electron chi connectivity index (χ1n) is 5.91. The van der Waals surface area contributed by atoms with Crippen LogP contribution in [-0.4, -0.2) is 4.99 Å². The quantitative estimate of drug-likeness (QED) is 0.836. The summed E-state index contributed by atoms with van der Waals surface area (Å²) in [6, 6.07) is 10.5. The van der Waals surface area contributed by atoms with Crippen molar-refractivity contribution in [2.45, 2.75) is 13.8 Å². The highest BCUT2D eigenvalue weighted by molar-refractivity contribution is 7.80. The largest absolute Gasteiger partial charge is 0.389 e. The predicted molar refractivity (Wildman–Crippen MR) is 81.5 cm³/mol. The molecule has 0 heterocycles. The fourth-order valence-electron chi connectivity index (χ4n) is 1.84. The molecule has 2 aromatic carbocycles. The number of hydrogen-bond acceptors (Lipinski definition) is 2. The van der Waals surface area contributed by atoms with Crippen LogP contribution in [0, 0.1) is 19.7 Å². The third kappa shape index (κ3) is 3.09. The molecule has 4 heteroatoms. The summed E-state index contributed by atoms with van der Waals surface area (Å²) in [5.41, 5.74) is 10.1. The van der Waals surface area contributed by atoms with Crippen LogP contribution >= 0.6 is 12.2 Å². The van der Waals surface area contributed by atoms with E-state index in [2.05, 4.69) is 5.32 Å². The van der Waals surface area contributed by atoms with Gasteiger partial charge in [-0.05, 0) is 49.2 Å². The van der Waals surface area contributed by atoms with Gasteiger partial charge >= 0.3 is 0 Å². The Kier molecular flexibility index (Phi) is 3.81. The number of nitrogens with one attached hydrogen (secondary N) is 1. The molecule has 0 radical (unpaired) electrons. The molecule has 2 nitrogen and oxygen atoms in total. The summed E-state index contributed by atoms with van der Waals surface area (Å²) in [6.07, 6.45) is 0. The van der Waals surface area contributed by atoms with Gasteiger partial charge in [-0.3, -0.25) is 0 Å². The molecule has 0 aromatic heterocycles. The average Bonchev–Trinajstić information content (AvgIpc) is 2.35. The second-order valence-electron chi connectivity index (χ2n) is 4.50. The third-order valence-corrected chi connectivity index (χ3v) is 3.13. The van der Waals surface area contributed by atoms with E-state index in [4.69, 9.17) is 18.0 Å². The number of halogens is 1. The number of aryl methyl sites for hydroxylation is 2. The van der Waals surface area contributed by atoms with E-state index in [1.165, 1.54) is 12.1 Å². The minimum Gasteiger partial charge on any atom is -0.389 e. The molecule has 0 aliphatic heterocycles. The number of nitrogens with two attached hydrogens (primary N) is 1. The molecule has 19 heavy (non-hydrogen) atoms. The lowest BCUT2D eigenvalue weighted by Gasteiger charge is -2.14. The van der Waals surface area contributed by atoms with Crippen molar-refractivity contribution in [3.05, 3.63) is 58.9 Å². The molecular formula is C15H15FN2S. The van der Waals surface area contributed by atoms with Crippen LogP contribution in [0.2, 0.25) is 0 Å². The number of benzene rings is 2. The molecule has 98 valence electrons. The van der Waals surface area contributed by atoms with Crippen LogP contribution in [0.3, 0.4) is 0 Å². The van der Waals surface area contributed by atoms with Gasteiger partial charge < -0.3 is 11.1 Å². The molecule has 3 N–H and O–H groups in total. The molecule has 2 rings (SSSR count). The summed E-state index contributed by atoms with van der Waals surface area (Å²) in [5, 5.41) is 3.26. The average molecular weight is 274 g/mol. The van der Waals surface area contributed by atoms with Gasteiger partial charge in [0.1, 0.15) is 10.8 Å². The van der Waals surface area contributed by atoms with E-state index in [0.717, 1.165) is 16.8 Å². The highest BCUT2D eigenvalue weighted by Gasteiger charge is 2.08. The van der Waals surface area contributed by atoms with Gasteiger partial charge in [-0.1, -0.05) is 24.4 Å². The molecule has 0 amide bonds. The van der Waals surface area contributed by atoms with Gasteiger partial charge in [0.15, 0.2) is 0 Å². The van der Waals surface area contributed by atoms with E-state index < -0.39 is 0 Å². The molecule has 0 unspecified atom stereocenters. The summed E-state index contributed by atoms with van der Waals surface area (Å²) < 4.78 is 13.2. The van der Waals surface area contributed by atoms with Crippen LogP contribution in [0.4, 0.5) is 15.8 Å². The smallest absolute Gasteiger partial charge is 0.124 e. The number of rotatable bonds is 3. The van der Waals surface area contributed by atoms with Gasteiger partial charge in [-0.25, -0.2) is 4.39 Å². The summed E-state index contributed by atoms with van der Waals surface area (Å²) in [7, 11) is 0. The van der Waals surface area contributed by atoms with E-state index in [-0.39, 0.29) is 10.8 Å². The highest BCUT2D eigenvalue weighted by Crippen LogP contribution is 2.25. The zero-order chi connectivity index (χ0) is 14.0. The summed E-state index contributed by atoms with van der Waals surface area (Å²) in [4.78, 5) is 0.173. The summed E-state index contributed by atoms with van der Waals surface area (Å²) in [5.74, 6) is -0.352. The van der Waals surface area contributed by atoms with Crippen LogP contribution in [0.25, 0.3) is 0 Å². The standard InChI is InChI=1S/C15H15FN2S/c1-9-3-4-10(2)14(7-9)18-13-6-5-11(16)8-12(13)15(17)19/h3-8,18H,1-2H3,(H2,17,19). The van der Waals surface area contributed by atoms with E-state index in [9.17, 15) is 4.39 Å². The highest BCUT2D eigenvalue weighted by atomic mass is 32.1. The van der Waals surface area contributed by atoms with Crippen molar-refractivity contribution >= 4 is 28.6 Å². The fraction of sp³-hybridized carbons (Fsp3) is 0.133. The molecule has 0 aliphatic carbocycles. The Labute approximate surface area is 117 Å². The first-order valence-corrected chi connectivity index (χ1v) is 6.32. The summed E-state index contributed by atoms with van der Waals surface area (Å²) >= 11 is 4.96. The maximum absolute atomic E-state index is 13.2. The SMILES string of the molecule is Cc1ccc(C)c(Nc2ccc(F)cc2C(N)=S)c1. The second kappa shape index (κ2) is 5.36. The lowest BCUT2D eigenvalue weighted by Crippen LogP contribution is -2.12. The fourth-order valence-corrected chi connectivity index (χ4v) is 2.01. The molecule has 0 aliphatic rings. The first kappa shape index (κ1) is 13.5. The maximum atomic E-state index is 13.2. The Morgan fingerprint density at radius 1 is 1.11 bits per heavy atom. The van der Waals surface area contributed by atoms with Gasteiger partial charge in [-0.15, -0.1) is 0 Å². The van der Waals surface area contributed by atoms with Crippen LogP contribution < -0.4 is 11.1 Å². The Balaban J connectivity index is 2.43. The van der Waals surface area contributed by atoms with Crippen LogP contribution in [0.1, 0.15) is 16.7 Å². The Morgan fingerprint density at radius 3 is 2.53 bits per heavy atom. The zero-order valence-electron chi connectivity index (χ0n) is 10.8. The second-order valence-corrected chi connectivity index (χ2v) is 4.94. The lowest BCUT2D eigenvalue weighted by molar-refractivity contribution is 0.628. The van der Waals surface area contributed by atoms with Crippen LogP contribution in [-0.2, 0) is 0 Å². The van der Waals surface area contributed by atoms with Crippen LogP contribution in [0.15, 0.2) is 36.4 Å². The number of thiocarbonyl (C=S) groups is 1. The van der Waals surface area contributed by atoms with Crippen molar-refractivity contribution in [2.24, 2.45) is 5.73 Å². The van der Waals surface area contributed by atoms with E-state index in [0.29, 0.717) is 11.3 Å². The van der Waals surface area contributed by atoms with E-state index in [1.54, 1.807) is 6.07 Å². The first-order chi connectivity index (χ1) is 8.97. The Hall–Kier alpha value is -1.94. The zero-order valence-corrected chi connectivity index (χ0v) is 11.6. The maximum Gasteiger partial charge on any atom is 0.124 e. The molecule has 0 fully saturated rings. The number of anilines is 2. The lowest BCUT2D eigenvalue weighted by atomic mass is 10.1. The summed E-state index contributed by atoms with van der Waals surface area (Å²) in [6.45, 7) is 4.02. The minimum absolute atomic E-state index is 0.173. The minimum atomic E-state index is -0.352. The van der Waals surface area contributed by atoms with Crippen molar-refractivity contribution in [1.82, 2.24) is 0 Å². The topological polar surface area (TPSA) is 38.0 Å². The van der Waals surface area contributed by atoms with Gasteiger partial charge in [0, 0.05) is 16.9 Å². The van der Waals surface area contributed by atoms with Crippen molar-refractivity contribution in [3.8, 4) is 0 Å². The monoisotopic (exact) mass is 274 g/mol. The van der Waals surface area contributed by atoms with Gasteiger partial charge in [0.2, 0.25) is 0 Å². The third-order valence-electron chi connectivity index (χ3n) is 2.91. The normalized spacial score (nSPS) is 10.3. The van der Waals surface area contributed by atoms with Crippen molar-refractivity contribution < 1.29 is 4.39 Å². The molecular weight excluding hydrogens is 259 g/mol. The Bertz CT molecular complexity index is 638. The molecule has 0 saturated carbocycles. The van der Waals surface area contributed by atoms with E-state index >= 15 is 0 Å². The molecule has 0 atom stereocenters. The van der Waals surface area contributed by atoms with Crippen molar-refractivity contribution in [1.29, 1.82) is 0 Å². The van der Waals surface area contributed by atoms with E-state index in [1.807, 2.05) is 32.0 Å². The predicted octanol–water partition coefficient (Wildman–Crippen LogP) is 3.82. The molecule has 0 saturated heterocycles. The molecule has 2 aromatic rings. The van der Waals surface area contributed by atoms with Crippen LogP contribution in [0.5, 0.6) is 0 Å². The Morgan fingerprint density at radius 2 is 1.84 bits per heavy atom. The van der Waals surface area contributed by atoms with Gasteiger partial charge in [0.25, 0.3) is 0 Å². The van der Waals surface area contributed by atoms with Gasteiger partial charge in [-0.2, -0.15) is 0 Å². The van der Waals surface area contributed by atoms with Gasteiger partial charge in [0.05, 0.1) is 0 Å². The van der Waals surface area contributed by atoms with Crippen molar-refractivity contribution in [3.63, 3.8) is 0 Å². The number of hydrogen-bond donors (Lipinski definition) is 2. The molecule has 0 bridgehead atoms.